The number of rotatable bonds is 5. The summed E-state index contributed by atoms with van der Waals surface area (Å²) in [7, 11) is 0. The molecule has 3 heterocycles. The molecule has 1 saturated carbocycles. The van der Waals surface area contributed by atoms with Gasteiger partial charge in [-0.2, -0.15) is 0 Å². The zero-order valence-corrected chi connectivity index (χ0v) is 20.0. The Kier molecular flexibility index (Phi) is 5.80. The topological polar surface area (TPSA) is 55.3 Å². The van der Waals surface area contributed by atoms with Crippen LogP contribution in [-0.4, -0.2) is 45.9 Å². The first-order valence-corrected chi connectivity index (χ1v) is 12.9. The largest absolute Gasteiger partial charge is 0.474 e. The summed E-state index contributed by atoms with van der Waals surface area (Å²) in [6, 6.07) is 0.715. The monoisotopic (exact) mass is 441 g/mol. The molecular formula is C25H35N3O2S. The highest BCUT2D eigenvalue weighted by Gasteiger charge is 2.34. The summed E-state index contributed by atoms with van der Waals surface area (Å²) in [5.74, 6) is 1.31. The van der Waals surface area contributed by atoms with Crippen LogP contribution in [0.3, 0.4) is 0 Å². The molecule has 31 heavy (non-hydrogen) atoms. The van der Waals surface area contributed by atoms with Gasteiger partial charge in [-0.05, 0) is 88.3 Å². The molecule has 1 saturated heterocycles. The number of carbonyl (C=O) groups excluding carboxylic acids is 1. The molecule has 0 bridgehead atoms. The Balaban J connectivity index is 1.27. The van der Waals surface area contributed by atoms with E-state index in [1.165, 1.54) is 49.2 Å². The van der Waals surface area contributed by atoms with Crippen LogP contribution in [0.25, 0.3) is 10.2 Å². The number of Topliss-reactive ketones (excluding diaryl/α,β-unsaturated/α-hetero) is 1. The Bertz CT molecular complexity index is 951. The van der Waals surface area contributed by atoms with Crippen molar-refractivity contribution in [2.24, 2.45) is 5.41 Å². The Labute approximate surface area is 189 Å². The number of ether oxygens (including phenoxy) is 1. The lowest BCUT2D eigenvalue weighted by Crippen LogP contribution is -2.46. The third-order valence-corrected chi connectivity index (χ3v) is 8.99. The number of nitrogens with zero attached hydrogens (tertiary/aromatic N) is 3. The minimum absolute atomic E-state index is 0.235. The molecule has 2 aromatic heterocycles. The van der Waals surface area contributed by atoms with Gasteiger partial charge in [0.05, 0.1) is 5.39 Å². The maximum atomic E-state index is 11.8. The normalized spacial score (nSPS) is 28.5. The molecule has 2 aliphatic carbocycles. The molecule has 0 radical (unpaired) electrons. The van der Waals surface area contributed by atoms with Crippen LogP contribution in [0, 0.1) is 5.41 Å². The Hall–Kier alpha value is -1.53. The van der Waals surface area contributed by atoms with Crippen LogP contribution in [-0.2, 0) is 11.2 Å². The van der Waals surface area contributed by atoms with Crippen molar-refractivity contribution in [1.29, 1.82) is 0 Å². The van der Waals surface area contributed by atoms with E-state index in [4.69, 9.17) is 4.74 Å². The molecule has 0 spiro atoms. The molecule has 3 aliphatic rings. The van der Waals surface area contributed by atoms with E-state index in [2.05, 4.69) is 28.7 Å². The lowest BCUT2D eigenvalue weighted by atomic mass is 9.81. The van der Waals surface area contributed by atoms with Crippen LogP contribution < -0.4 is 4.74 Å². The summed E-state index contributed by atoms with van der Waals surface area (Å²) in [4.78, 5) is 26.0. The number of thiophene rings is 1. The van der Waals surface area contributed by atoms with Gasteiger partial charge in [0.15, 0.2) is 0 Å². The highest BCUT2D eigenvalue weighted by Crippen LogP contribution is 2.47. The second kappa shape index (κ2) is 8.43. The number of fused-ring (bicyclic) bond motifs is 3. The number of aromatic nitrogens is 2. The second-order valence-electron chi connectivity index (χ2n) is 10.7. The summed E-state index contributed by atoms with van der Waals surface area (Å²) in [6.45, 7) is 8.99. The van der Waals surface area contributed by atoms with Crippen molar-refractivity contribution in [2.45, 2.75) is 96.6 Å². The lowest BCUT2D eigenvalue weighted by Gasteiger charge is -2.43. The smallest absolute Gasteiger partial charge is 0.225 e. The number of hydrogen-bond acceptors (Lipinski definition) is 6. The fraction of sp³-hybridized carbons (Fsp3) is 0.720. The van der Waals surface area contributed by atoms with E-state index in [1.54, 1.807) is 24.6 Å². The van der Waals surface area contributed by atoms with Crippen LogP contribution >= 0.6 is 11.3 Å². The SMILES string of the molecule is CC(=O)C[C@H]1CCc2sc3ncnc(OC4CCC(N5CCC(C)(C)CC5)CC4)c3c21. The van der Waals surface area contributed by atoms with Gasteiger partial charge in [0, 0.05) is 17.3 Å². The standard InChI is InChI=1S/C25H35N3O2S/c1-16(29)14-17-4-9-20-21(17)22-23(26-15-27-24(22)31-20)30-19-7-5-18(6-8-19)28-12-10-25(2,3)11-13-28/h15,17-19H,4-14H2,1-3H3/t17-,18?,19?/m1/s1. The van der Waals surface area contributed by atoms with E-state index in [1.807, 2.05) is 0 Å². The molecule has 0 unspecified atom stereocenters. The predicted octanol–water partition coefficient (Wildman–Crippen LogP) is 5.51. The van der Waals surface area contributed by atoms with Crippen molar-refractivity contribution < 1.29 is 9.53 Å². The highest BCUT2D eigenvalue weighted by atomic mass is 32.1. The van der Waals surface area contributed by atoms with Crippen molar-refractivity contribution in [3.8, 4) is 5.88 Å². The van der Waals surface area contributed by atoms with E-state index in [-0.39, 0.29) is 11.9 Å². The third-order valence-electron chi connectivity index (χ3n) is 7.82. The quantitative estimate of drug-likeness (QED) is 0.612. The molecule has 2 fully saturated rings. The maximum absolute atomic E-state index is 11.8. The number of hydrogen-bond donors (Lipinski definition) is 0. The van der Waals surface area contributed by atoms with Gasteiger partial charge in [-0.15, -0.1) is 11.3 Å². The van der Waals surface area contributed by atoms with Gasteiger partial charge < -0.3 is 14.4 Å². The third kappa shape index (κ3) is 4.38. The summed E-state index contributed by atoms with van der Waals surface area (Å²) in [6.07, 6.45) is 11.9. The minimum atomic E-state index is 0.235. The van der Waals surface area contributed by atoms with Gasteiger partial charge >= 0.3 is 0 Å². The molecule has 6 heteroatoms. The van der Waals surface area contributed by atoms with Gasteiger partial charge in [-0.25, -0.2) is 9.97 Å². The number of carbonyl (C=O) groups is 1. The zero-order chi connectivity index (χ0) is 21.6. The summed E-state index contributed by atoms with van der Waals surface area (Å²) >= 11 is 1.76. The fourth-order valence-corrected chi connectivity index (χ4v) is 7.09. The number of ketones is 1. The predicted molar refractivity (Wildman–Crippen MR) is 125 cm³/mol. The van der Waals surface area contributed by atoms with Crippen molar-refractivity contribution in [3.05, 3.63) is 16.8 Å². The van der Waals surface area contributed by atoms with E-state index in [9.17, 15) is 4.79 Å². The Morgan fingerprint density at radius 3 is 2.61 bits per heavy atom. The van der Waals surface area contributed by atoms with Gasteiger partial charge in [0.2, 0.25) is 5.88 Å². The molecule has 2 aromatic rings. The molecule has 1 aliphatic heterocycles. The van der Waals surface area contributed by atoms with Crippen molar-refractivity contribution >= 4 is 27.3 Å². The average Bonchev–Trinajstić information content (AvgIpc) is 3.28. The lowest BCUT2D eigenvalue weighted by molar-refractivity contribution is -0.117. The Morgan fingerprint density at radius 1 is 1.16 bits per heavy atom. The first-order valence-electron chi connectivity index (χ1n) is 12.1. The van der Waals surface area contributed by atoms with Crippen LogP contribution in [0.5, 0.6) is 5.88 Å². The summed E-state index contributed by atoms with van der Waals surface area (Å²) in [5, 5.41) is 1.09. The molecule has 168 valence electrons. The molecule has 1 atom stereocenters. The van der Waals surface area contributed by atoms with Crippen molar-refractivity contribution in [2.75, 3.05) is 13.1 Å². The van der Waals surface area contributed by atoms with Crippen LogP contribution in [0.4, 0.5) is 0 Å². The number of aryl methyl sites for hydroxylation is 1. The van der Waals surface area contributed by atoms with E-state index >= 15 is 0 Å². The molecule has 0 N–H and O–H groups in total. The van der Waals surface area contributed by atoms with E-state index < -0.39 is 0 Å². The summed E-state index contributed by atoms with van der Waals surface area (Å²) < 4.78 is 6.53. The van der Waals surface area contributed by atoms with Gasteiger partial charge in [-0.1, -0.05) is 13.8 Å². The average molecular weight is 442 g/mol. The van der Waals surface area contributed by atoms with Crippen LogP contribution in [0.15, 0.2) is 6.33 Å². The van der Waals surface area contributed by atoms with E-state index in [0.717, 1.165) is 41.8 Å². The van der Waals surface area contributed by atoms with Gasteiger partial charge in [-0.3, -0.25) is 0 Å². The minimum Gasteiger partial charge on any atom is -0.474 e. The van der Waals surface area contributed by atoms with Crippen molar-refractivity contribution in [3.63, 3.8) is 0 Å². The highest BCUT2D eigenvalue weighted by molar-refractivity contribution is 7.19. The molecular weight excluding hydrogens is 406 g/mol. The van der Waals surface area contributed by atoms with E-state index in [0.29, 0.717) is 23.8 Å². The summed E-state index contributed by atoms with van der Waals surface area (Å²) in [5.41, 5.74) is 1.81. The first kappa shape index (κ1) is 21.3. The van der Waals surface area contributed by atoms with Crippen LogP contribution in [0.2, 0.25) is 0 Å². The number of likely N-dealkylation sites (tertiary alicyclic amines) is 1. The maximum Gasteiger partial charge on any atom is 0.225 e. The van der Waals surface area contributed by atoms with Gasteiger partial charge in [0.1, 0.15) is 23.0 Å². The van der Waals surface area contributed by atoms with Crippen molar-refractivity contribution in [1.82, 2.24) is 14.9 Å². The fourth-order valence-electron chi connectivity index (χ4n) is 5.86. The molecule has 0 aromatic carbocycles. The van der Waals surface area contributed by atoms with Gasteiger partial charge in [0.25, 0.3) is 0 Å². The zero-order valence-electron chi connectivity index (χ0n) is 19.2. The second-order valence-corrected chi connectivity index (χ2v) is 11.8. The molecule has 0 amide bonds. The number of piperidine rings is 1. The Morgan fingerprint density at radius 2 is 1.90 bits per heavy atom. The molecule has 5 nitrogen and oxygen atoms in total. The molecule has 5 rings (SSSR count). The first-order chi connectivity index (χ1) is 14.9. The van der Waals surface area contributed by atoms with Crippen LogP contribution in [0.1, 0.15) is 88.5 Å².